The molecule has 0 fully saturated rings. The maximum atomic E-state index is 5.00. The van der Waals surface area contributed by atoms with E-state index in [0.717, 1.165) is 0 Å². The fraction of sp³-hybridized carbons (Fsp3) is 1.00. The van der Waals surface area contributed by atoms with Crippen molar-refractivity contribution in [3.05, 3.63) is 0 Å². The molecule has 5 N–H and O–H groups in total. The summed E-state index contributed by atoms with van der Waals surface area (Å²) in [5.74, 6) is 4.81. The van der Waals surface area contributed by atoms with Crippen LogP contribution in [0.4, 0.5) is 0 Å². The number of hydrazine groups is 1. The minimum atomic E-state index is 0.608. The van der Waals surface area contributed by atoms with Crippen molar-refractivity contribution in [3.8, 4) is 0 Å². The Kier molecular flexibility index (Phi) is 20.3. The lowest BCUT2D eigenvalue weighted by Gasteiger charge is -1.85. The van der Waals surface area contributed by atoms with Gasteiger partial charge in [0.15, 0.2) is 0 Å². The molecular formula is C6H19N3. The second kappa shape index (κ2) is 15.7. The quantitative estimate of drug-likeness (QED) is 0.381. The predicted octanol–water partition coefficient (Wildman–Crippen LogP) is 0.215. The second-order valence-electron chi connectivity index (χ2n) is 1.74. The van der Waals surface area contributed by atoms with Gasteiger partial charge in [0.1, 0.15) is 0 Å². The van der Waals surface area contributed by atoms with E-state index in [-0.39, 0.29) is 0 Å². The van der Waals surface area contributed by atoms with Gasteiger partial charge in [0.05, 0.1) is 0 Å². The van der Waals surface area contributed by atoms with Gasteiger partial charge < -0.3 is 5.73 Å². The first-order valence-corrected chi connectivity index (χ1v) is 3.46. The van der Waals surface area contributed by atoms with Crippen molar-refractivity contribution in [2.75, 3.05) is 13.1 Å². The molecule has 0 aromatic carbocycles. The second-order valence-corrected chi connectivity index (χ2v) is 1.74. The summed E-state index contributed by atoms with van der Waals surface area (Å²) in [6, 6.07) is 0. The third-order valence-electron chi connectivity index (χ3n) is 0.789. The number of rotatable bonds is 3. The first-order chi connectivity index (χ1) is 4.33. The molecule has 0 saturated heterocycles. The van der Waals surface area contributed by atoms with Crippen molar-refractivity contribution < 1.29 is 0 Å². The van der Waals surface area contributed by atoms with Crippen LogP contribution in [0.25, 0.3) is 0 Å². The van der Waals surface area contributed by atoms with Gasteiger partial charge in [-0.15, -0.1) is 0 Å². The van der Waals surface area contributed by atoms with Crippen LogP contribution >= 0.6 is 0 Å². The molecule has 0 aromatic rings. The summed E-state index contributed by atoms with van der Waals surface area (Å²) in [5, 5.41) is 0. The Bertz CT molecular complexity index is 27.5. The van der Waals surface area contributed by atoms with Gasteiger partial charge in [0, 0.05) is 13.1 Å². The molecule has 0 amide bonds. The number of nitrogens with one attached hydrogen (secondary N) is 1. The van der Waals surface area contributed by atoms with E-state index in [0.29, 0.717) is 13.1 Å². The van der Waals surface area contributed by atoms with Gasteiger partial charge >= 0.3 is 0 Å². The highest BCUT2D eigenvalue weighted by Gasteiger charge is 1.64. The van der Waals surface area contributed by atoms with Crippen LogP contribution in [0.5, 0.6) is 0 Å². The largest absolute Gasteiger partial charge is 0.329 e. The van der Waals surface area contributed by atoms with Crippen LogP contribution in [0.15, 0.2) is 0 Å². The van der Waals surface area contributed by atoms with Gasteiger partial charge in [-0.2, -0.15) is 0 Å². The molecule has 0 aliphatic heterocycles. The summed E-state index contributed by atoms with van der Waals surface area (Å²) in [6.45, 7) is 5.66. The molecule has 0 aliphatic rings. The zero-order valence-corrected chi connectivity index (χ0v) is 6.48. The molecule has 0 aliphatic carbocycles. The molecule has 0 radical (unpaired) electrons. The first kappa shape index (κ1) is 11.6. The Morgan fingerprint density at radius 3 is 1.67 bits per heavy atom. The van der Waals surface area contributed by atoms with Crippen LogP contribution in [0, 0.1) is 0 Å². The standard InChI is InChI=1S/C4H10.C2H9N3/c1-3-4-2;3-1-2-5-4/h3-4H2,1-2H3;5H,1-4H2. The maximum Gasteiger partial charge on any atom is 0.0220 e. The van der Waals surface area contributed by atoms with Crippen molar-refractivity contribution in [2.24, 2.45) is 11.6 Å². The minimum Gasteiger partial charge on any atom is -0.329 e. The molecule has 0 atom stereocenters. The highest BCUT2D eigenvalue weighted by molar-refractivity contribution is 4.31. The van der Waals surface area contributed by atoms with E-state index in [1.807, 2.05) is 0 Å². The van der Waals surface area contributed by atoms with Crippen LogP contribution < -0.4 is 17.0 Å². The first-order valence-electron chi connectivity index (χ1n) is 3.46. The maximum absolute atomic E-state index is 5.00. The Labute approximate surface area is 57.8 Å². The lowest BCUT2D eigenvalue weighted by molar-refractivity contribution is 0.738. The third-order valence-corrected chi connectivity index (χ3v) is 0.789. The van der Waals surface area contributed by atoms with E-state index in [9.17, 15) is 0 Å². The van der Waals surface area contributed by atoms with E-state index < -0.39 is 0 Å². The number of hydrogen-bond donors (Lipinski definition) is 3. The summed E-state index contributed by atoms with van der Waals surface area (Å²) in [6.07, 6.45) is 2.64. The minimum absolute atomic E-state index is 0.608. The van der Waals surface area contributed by atoms with Crippen LogP contribution in [0.1, 0.15) is 26.7 Å². The highest BCUT2D eigenvalue weighted by Crippen LogP contribution is 1.76. The zero-order chi connectivity index (χ0) is 7.54. The van der Waals surface area contributed by atoms with Crippen molar-refractivity contribution in [1.29, 1.82) is 0 Å². The fourth-order valence-corrected chi connectivity index (χ4v) is 0.0833. The summed E-state index contributed by atoms with van der Waals surface area (Å²) in [7, 11) is 0. The van der Waals surface area contributed by atoms with Crippen molar-refractivity contribution in [1.82, 2.24) is 5.43 Å². The van der Waals surface area contributed by atoms with Crippen LogP contribution in [-0.4, -0.2) is 13.1 Å². The predicted molar refractivity (Wildman–Crippen MR) is 41.8 cm³/mol. The molecule has 0 heterocycles. The molecule has 0 unspecified atom stereocenters. The fourth-order valence-electron chi connectivity index (χ4n) is 0.0833. The van der Waals surface area contributed by atoms with Crippen molar-refractivity contribution in [2.45, 2.75) is 26.7 Å². The molecule has 0 saturated carbocycles. The molecule has 0 spiro atoms. The van der Waals surface area contributed by atoms with Gasteiger partial charge in [-0.3, -0.25) is 11.3 Å². The van der Waals surface area contributed by atoms with Gasteiger partial charge in [-0.1, -0.05) is 26.7 Å². The van der Waals surface area contributed by atoms with E-state index in [1.54, 1.807) is 0 Å². The third kappa shape index (κ3) is 32.8. The Hall–Kier alpha value is -0.120. The molecular weight excluding hydrogens is 114 g/mol. The van der Waals surface area contributed by atoms with Gasteiger partial charge in [-0.05, 0) is 0 Å². The molecule has 0 bridgehead atoms. The SMILES string of the molecule is CCCC.NCCNN. The number of nitrogens with two attached hydrogens (primary N) is 2. The van der Waals surface area contributed by atoms with Crippen LogP contribution in [0.3, 0.4) is 0 Å². The topological polar surface area (TPSA) is 64.1 Å². The smallest absolute Gasteiger partial charge is 0.0220 e. The molecule has 0 rings (SSSR count). The molecule has 3 nitrogen and oxygen atoms in total. The number of unbranched alkanes of at least 4 members (excludes halogenated alkanes) is 1. The number of hydrogen-bond acceptors (Lipinski definition) is 3. The van der Waals surface area contributed by atoms with E-state index in [1.165, 1.54) is 12.8 Å². The summed E-state index contributed by atoms with van der Waals surface area (Å²) in [5.41, 5.74) is 7.39. The lowest BCUT2D eigenvalue weighted by Crippen LogP contribution is -2.28. The van der Waals surface area contributed by atoms with Crippen LogP contribution in [-0.2, 0) is 0 Å². The van der Waals surface area contributed by atoms with E-state index in [4.69, 9.17) is 11.6 Å². The van der Waals surface area contributed by atoms with Crippen molar-refractivity contribution >= 4 is 0 Å². The zero-order valence-electron chi connectivity index (χ0n) is 6.48. The summed E-state index contributed by atoms with van der Waals surface area (Å²) < 4.78 is 0. The molecule has 9 heavy (non-hydrogen) atoms. The van der Waals surface area contributed by atoms with Gasteiger partial charge in [-0.25, -0.2) is 0 Å². The highest BCUT2D eigenvalue weighted by atomic mass is 15.2. The lowest BCUT2D eigenvalue weighted by atomic mass is 10.4. The average molecular weight is 133 g/mol. The van der Waals surface area contributed by atoms with Crippen molar-refractivity contribution in [3.63, 3.8) is 0 Å². The Morgan fingerprint density at radius 1 is 1.22 bits per heavy atom. The average Bonchev–Trinajstić information content (AvgIpc) is 1.91. The molecule has 0 aromatic heterocycles. The van der Waals surface area contributed by atoms with E-state index >= 15 is 0 Å². The molecule has 58 valence electrons. The summed E-state index contributed by atoms with van der Waals surface area (Å²) in [4.78, 5) is 0. The normalized spacial score (nSPS) is 8.00. The van der Waals surface area contributed by atoms with Crippen LogP contribution in [0.2, 0.25) is 0 Å². The van der Waals surface area contributed by atoms with Gasteiger partial charge in [0.25, 0.3) is 0 Å². The monoisotopic (exact) mass is 133 g/mol. The van der Waals surface area contributed by atoms with Gasteiger partial charge in [0.2, 0.25) is 0 Å². The van der Waals surface area contributed by atoms with E-state index in [2.05, 4.69) is 19.3 Å². The Balaban J connectivity index is 0. The molecule has 3 heteroatoms. The Morgan fingerprint density at radius 2 is 1.67 bits per heavy atom. The summed E-state index contributed by atoms with van der Waals surface area (Å²) >= 11 is 0.